The van der Waals surface area contributed by atoms with Gasteiger partial charge in [-0.25, -0.2) is 9.59 Å². The largest absolute Gasteiger partial charge is 0.493 e. The van der Waals surface area contributed by atoms with Crippen LogP contribution in [0.3, 0.4) is 0 Å². The van der Waals surface area contributed by atoms with E-state index in [2.05, 4.69) is 16.8 Å². The Kier molecular flexibility index (Phi) is 7.41. The number of methoxy groups -OCH3 is 1. The molecule has 0 bridgehead atoms. The van der Waals surface area contributed by atoms with E-state index in [0.29, 0.717) is 0 Å². The molecule has 2 aromatic rings. The van der Waals surface area contributed by atoms with E-state index < -0.39 is 23.4 Å². The fourth-order valence-electron chi connectivity index (χ4n) is 2.56. The summed E-state index contributed by atoms with van der Waals surface area (Å²) >= 11 is 0. The summed E-state index contributed by atoms with van der Waals surface area (Å²) in [5.74, 6) is -1.86. The first-order valence-corrected chi connectivity index (χ1v) is 9.01. The van der Waals surface area contributed by atoms with Gasteiger partial charge >= 0.3 is 11.9 Å². The molecule has 0 aliphatic heterocycles. The molecule has 1 aromatic heterocycles. The van der Waals surface area contributed by atoms with Crippen LogP contribution in [0.1, 0.15) is 28.4 Å². The van der Waals surface area contributed by atoms with Crippen molar-refractivity contribution in [2.75, 3.05) is 13.7 Å². The average Bonchev–Trinajstić information content (AvgIpc) is 2.75. The number of azo groups is 1. The maximum atomic E-state index is 12.9. The van der Waals surface area contributed by atoms with Gasteiger partial charge in [0, 0.05) is 11.1 Å². The van der Waals surface area contributed by atoms with E-state index >= 15 is 0 Å². The van der Waals surface area contributed by atoms with Crippen LogP contribution < -0.4 is 5.56 Å². The lowest BCUT2D eigenvalue weighted by molar-refractivity contribution is -0.139. The quantitative estimate of drug-likeness (QED) is 0.409. The van der Waals surface area contributed by atoms with Gasteiger partial charge in [0.15, 0.2) is 5.69 Å². The van der Waals surface area contributed by atoms with Crippen LogP contribution in [0.4, 0.5) is 11.4 Å². The van der Waals surface area contributed by atoms with Gasteiger partial charge in [0.05, 0.1) is 19.2 Å². The van der Waals surface area contributed by atoms with Gasteiger partial charge in [-0.1, -0.05) is 18.7 Å². The number of carbonyl (C=O) groups is 2. The average molecular weight is 424 g/mol. The smallest absolute Gasteiger partial charge is 0.340 e. The van der Waals surface area contributed by atoms with Gasteiger partial charge < -0.3 is 14.6 Å². The molecule has 10 nitrogen and oxygen atoms in total. The zero-order valence-electron chi connectivity index (χ0n) is 17.2. The SMILES string of the molecule is C=C(C)C(=O)OCCn1c(O)c(C#N)c(C)c(N=Nc2ccccc2C(=O)OC)c1=O. The summed E-state index contributed by atoms with van der Waals surface area (Å²) in [6, 6.07) is 8.05. The van der Waals surface area contributed by atoms with Crippen molar-refractivity contribution in [2.24, 2.45) is 10.2 Å². The van der Waals surface area contributed by atoms with E-state index in [1.807, 2.05) is 6.07 Å². The van der Waals surface area contributed by atoms with E-state index in [-0.39, 0.29) is 46.8 Å². The van der Waals surface area contributed by atoms with Crippen molar-refractivity contribution in [3.63, 3.8) is 0 Å². The Balaban J connectivity index is 2.49. The molecule has 0 spiro atoms. The van der Waals surface area contributed by atoms with Crippen molar-refractivity contribution in [3.05, 3.63) is 63.5 Å². The molecular formula is C21H20N4O6. The van der Waals surface area contributed by atoms with Gasteiger partial charge in [-0.15, -0.1) is 10.2 Å². The number of hydrogen-bond acceptors (Lipinski definition) is 9. The standard InChI is InChI=1S/C21H20N4O6/c1-12(2)20(28)31-10-9-25-18(26)15(11-22)13(3)17(19(25)27)24-23-16-8-6-5-7-14(16)21(29)30-4/h5-8,26H,1,9-10H2,2-4H3. The summed E-state index contributed by atoms with van der Waals surface area (Å²) < 4.78 is 10.5. The molecule has 0 atom stereocenters. The van der Waals surface area contributed by atoms with Crippen LogP contribution in [0.25, 0.3) is 0 Å². The molecule has 0 fully saturated rings. The molecule has 2 rings (SSSR count). The third-order valence-electron chi connectivity index (χ3n) is 4.23. The van der Waals surface area contributed by atoms with Gasteiger partial charge in [0.1, 0.15) is 23.9 Å². The van der Waals surface area contributed by atoms with Gasteiger partial charge in [-0.2, -0.15) is 5.26 Å². The topological polar surface area (TPSA) is 143 Å². The number of carbonyl (C=O) groups excluding carboxylic acids is 2. The highest BCUT2D eigenvalue weighted by molar-refractivity contribution is 5.94. The Bertz CT molecular complexity index is 1170. The Labute approximate surface area is 177 Å². The highest BCUT2D eigenvalue weighted by Crippen LogP contribution is 2.28. The summed E-state index contributed by atoms with van der Waals surface area (Å²) in [6.07, 6.45) is 0. The van der Waals surface area contributed by atoms with E-state index in [0.717, 1.165) is 4.57 Å². The normalized spacial score (nSPS) is 10.5. The van der Waals surface area contributed by atoms with Gasteiger partial charge in [-0.05, 0) is 26.0 Å². The molecule has 0 aliphatic carbocycles. The predicted octanol–water partition coefficient (Wildman–Crippen LogP) is 3.06. The third kappa shape index (κ3) is 5.02. The Morgan fingerprint density at radius 1 is 1.29 bits per heavy atom. The molecule has 0 aliphatic rings. The van der Waals surface area contributed by atoms with Crippen LogP contribution >= 0.6 is 0 Å². The minimum atomic E-state index is -0.750. The van der Waals surface area contributed by atoms with E-state index in [1.54, 1.807) is 12.1 Å². The van der Waals surface area contributed by atoms with Crippen molar-refractivity contribution in [2.45, 2.75) is 20.4 Å². The van der Waals surface area contributed by atoms with Crippen LogP contribution in [0.5, 0.6) is 5.88 Å². The molecule has 1 aromatic carbocycles. The minimum Gasteiger partial charge on any atom is -0.493 e. The molecule has 31 heavy (non-hydrogen) atoms. The van der Waals surface area contributed by atoms with Crippen LogP contribution in [-0.4, -0.2) is 35.3 Å². The first kappa shape index (κ1) is 23.0. The van der Waals surface area contributed by atoms with E-state index in [1.165, 1.54) is 33.1 Å². The zero-order chi connectivity index (χ0) is 23.1. The fourth-order valence-corrected chi connectivity index (χ4v) is 2.56. The number of aromatic nitrogens is 1. The fraction of sp³-hybridized carbons (Fsp3) is 0.238. The molecule has 0 radical (unpaired) electrons. The number of esters is 2. The summed E-state index contributed by atoms with van der Waals surface area (Å²) in [6.45, 7) is 5.89. The van der Waals surface area contributed by atoms with Crippen molar-refractivity contribution in [1.29, 1.82) is 5.26 Å². The maximum Gasteiger partial charge on any atom is 0.340 e. The second-order valence-electron chi connectivity index (χ2n) is 6.37. The predicted molar refractivity (Wildman–Crippen MR) is 110 cm³/mol. The number of pyridine rings is 1. The lowest BCUT2D eigenvalue weighted by Crippen LogP contribution is -2.24. The lowest BCUT2D eigenvalue weighted by Gasteiger charge is -2.13. The van der Waals surface area contributed by atoms with Gasteiger partial charge in [-0.3, -0.25) is 9.36 Å². The lowest BCUT2D eigenvalue weighted by atomic mass is 10.1. The highest BCUT2D eigenvalue weighted by atomic mass is 16.5. The van der Waals surface area contributed by atoms with Crippen molar-refractivity contribution >= 4 is 23.3 Å². The molecule has 1 heterocycles. The first-order valence-electron chi connectivity index (χ1n) is 9.01. The van der Waals surface area contributed by atoms with Crippen molar-refractivity contribution in [3.8, 4) is 11.9 Å². The number of benzene rings is 1. The monoisotopic (exact) mass is 424 g/mol. The second-order valence-corrected chi connectivity index (χ2v) is 6.37. The molecule has 10 heteroatoms. The number of hydrogen-bond donors (Lipinski definition) is 1. The number of rotatable bonds is 7. The minimum absolute atomic E-state index is 0.111. The van der Waals surface area contributed by atoms with Crippen molar-refractivity contribution < 1.29 is 24.2 Å². The van der Waals surface area contributed by atoms with Crippen LogP contribution in [0.2, 0.25) is 0 Å². The molecule has 0 saturated carbocycles. The molecule has 0 amide bonds. The van der Waals surface area contributed by atoms with Gasteiger partial charge in [0.2, 0.25) is 5.88 Å². The second kappa shape index (κ2) is 9.98. The molecular weight excluding hydrogens is 404 g/mol. The Morgan fingerprint density at radius 3 is 2.58 bits per heavy atom. The van der Waals surface area contributed by atoms with E-state index in [9.17, 15) is 24.8 Å². The maximum absolute atomic E-state index is 12.9. The molecule has 0 unspecified atom stereocenters. The molecule has 1 N–H and O–H groups in total. The summed E-state index contributed by atoms with van der Waals surface area (Å²) in [7, 11) is 1.22. The zero-order valence-corrected chi connectivity index (χ0v) is 17.2. The van der Waals surface area contributed by atoms with Crippen LogP contribution in [0.15, 0.2) is 51.4 Å². The van der Waals surface area contributed by atoms with E-state index in [4.69, 9.17) is 9.47 Å². The summed E-state index contributed by atoms with van der Waals surface area (Å²) in [5, 5.41) is 27.6. The summed E-state index contributed by atoms with van der Waals surface area (Å²) in [4.78, 5) is 36.3. The highest BCUT2D eigenvalue weighted by Gasteiger charge is 2.20. The number of nitrogens with zero attached hydrogens (tertiary/aromatic N) is 4. The summed E-state index contributed by atoms with van der Waals surface area (Å²) in [5.41, 5.74) is -0.559. The Morgan fingerprint density at radius 2 is 1.97 bits per heavy atom. The number of aromatic hydroxyl groups is 1. The third-order valence-corrected chi connectivity index (χ3v) is 4.23. The first-order chi connectivity index (χ1) is 14.7. The van der Waals surface area contributed by atoms with Crippen molar-refractivity contribution in [1.82, 2.24) is 4.57 Å². The molecule has 160 valence electrons. The van der Waals surface area contributed by atoms with Crippen LogP contribution in [-0.2, 0) is 20.8 Å². The number of nitriles is 1. The van der Waals surface area contributed by atoms with Gasteiger partial charge in [0.25, 0.3) is 5.56 Å². The Hall–Kier alpha value is -4.26. The molecule has 0 saturated heterocycles. The van der Waals surface area contributed by atoms with Crippen LogP contribution in [0, 0.1) is 18.3 Å². The number of ether oxygens (including phenoxy) is 2.